The zero-order valence-corrected chi connectivity index (χ0v) is 18.0. The van der Waals surface area contributed by atoms with Gasteiger partial charge >= 0.3 is 0 Å². The van der Waals surface area contributed by atoms with Crippen LogP contribution in [-0.2, 0) is 11.4 Å². The predicted octanol–water partition coefficient (Wildman–Crippen LogP) is 4.96. The first-order chi connectivity index (χ1) is 14.0. The Bertz CT molecular complexity index is 901. The standard InChI is InChI=1S/C25H31NO3/c1-5-26-12-11-23(27)21(16-26)14-20-9-10-24(25(15-20)28-6-2)29-17-22-13-18(3)7-8-19(22)4/h7-10,13-15H,5-6,11-12,16-17H2,1-4H3/b21-14+. The lowest BCUT2D eigenvalue weighted by molar-refractivity contribution is -0.117. The third-order valence-corrected chi connectivity index (χ3v) is 5.35. The number of aryl methyl sites for hydroxylation is 2. The van der Waals surface area contributed by atoms with Gasteiger partial charge in [0.25, 0.3) is 0 Å². The molecule has 0 unspecified atom stereocenters. The van der Waals surface area contributed by atoms with Crippen LogP contribution in [0.3, 0.4) is 0 Å². The lowest BCUT2D eigenvalue weighted by atomic mass is 10.00. The van der Waals surface area contributed by atoms with E-state index in [9.17, 15) is 4.79 Å². The third-order valence-electron chi connectivity index (χ3n) is 5.35. The van der Waals surface area contributed by atoms with Crippen molar-refractivity contribution >= 4 is 11.9 Å². The summed E-state index contributed by atoms with van der Waals surface area (Å²) in [4.78, 5) is 14.6. The van der Waals surface area contributed by atoms with Gasteiger partial charge in [-0.1, -0.05) is 36.8 Å². The van der Waals surface area contributed by atoms with Crippen molar-refractivity contribution in [2.75, 3.05) is 26.2 Å². The van der Waals surface area contributed by atoms with Crippen LogP contribution in [0, 0.1) is 13.8 Å². The van der Waals surface area contributed by atoms with Gasteiger partial charge in [-0.25, -0.2) is 0 Å². The highest BCUT2D eigenvalue weighted by molar-refractivity contribution is 6.00. The van der Waals surface area contributed by atoms with E-state index in [0.717, 1.165) is 30.0 Å². The van der Waals surface area contributed by atoms with Gasteiger partial charge in [-0.2, -0.15) is 0 Å². The van der Waals surface area contributed by atoms with Crippen LogP contribution in [0.15, 0.2) is 42.0 Å². The molecule has 0 radical (unpaired) electrons. The lowest BCUT2D eigenvalue weighted by Crippen LogP contribution is -2.35. The summed E-state index contributed by atoms with van der Waals surface area (Å²) < 4.78 is 11.9. The van der Waals surface area contributed by atoms with E-state index in [1.54, 1.807) is 0 Å². The number of hydrogen-bond acceptors (Lipinski definition) is 4. The van der Waals surface area contributed by atoms with Gasteiger partial charge in [0.05, 0.1) is 6.61 Å². The van der Waals surface area contributed by atoms with Gasteiger partial charge in [-0.15, -0.1) is 0 Å². The number of ketones is 1. The number of hydrogen-bond donors (Lipinski definition) is 0. The summed E-state index contributed by atoms with van der Waals surface area (Å²) in [5, 5.41) is 0. The molecule has 0 bridgehead atoms. The number of Topliss-reactive ketones (excluding diaryl/α,β-unsaturated/α-hetero) is 1. The first kappa shape index (κ1) is 21.1. The molecule has 0 spiro atoms. The number of benzene rings is 2. The molecule has 1 fully saturated rings. The second kappa shape index (κ2) is 9.75. The number of piperidine rings is 1. The molecule has 1 saturated heterocycles. The number of carbonyl (C=O) groups excluding carboxylic acids is 1. The number of likely N-dealkylation sites (tertiary alicyclic amines) is 1. The number of likely N-dealkylation sites (N-methyl/N-ethyl adjacent to an activating group) is 1. The van der Waals surface area contributed by atoms with Crippen LogP contribution in [0.5, 0.6) is 11.5 Å². The monoisotopic (exact) mass is 393 g/mol. The minimum atomic E-state index is 0.239. The molecule has 1 aliphatic heterocycles. The van der Waals surface area contributed by atoms with Crippen molar-refractivity contribution in [2.45, 2.75) is 40.7 Å². The molecule has 0 saturated carbocycles. The molecular formula is C25H31NO3. The Balaban J connectivity index is 1.80. The lowest BCUT2D eigenvalue weighted by Gasteiger charge is -2.26. The molecule has 0 aliphatic carbocycles. The zero-order valence-electron chi connectivity index (χ0n) is 18.0. The van der Waals surface area contributed by atoms with Crippen LogP contribution in [0.1, 0.15) is 42.5 Å². The maximum Gasteiger partial charge on any atom is 0.161 e. The van der Waals surface area contributed by atoms with E-state index >= 15 is 0 Å². The topological polar surface area (TPSA) is 38.8 Å². The van der Waals surface area contributed by atoms with Crippen molar-refractivity contribution in [3.63, 3.8) is 0 Å². The highest BCUT2D eigenvalue weighted by atomic mass is 16.5. The van der Waals surface area contributed by atoms with E-state index in [2.05, 4.69) is 43.9 Å². The van der Waals surface area contributed by atoms with E-state index in [1.807, 2.05) is 31.2 Å². The van der Waals surface area contributed by atoms with Crippen LogP contribution in [0.4, 0.5) is 0 Å². The zero-order chi connectivity index (χ0) is 20.8. The van der Waals surface area contributed by atoms with Crippen LogP contribution in [0.25, 0.3) is 6.08 Å². The van der Waals surface area contributed by atoms with E-state index in [1.165, 1.54) is 16.7 Å². The Hall–Kier alpha value is -2.59. The average molecular weight is 394 g/mol. The molecule has 29 heavy (non-hydrogen) atoms. The molecule has 1 heterocycles. The highest BCUT2D eigenvalue weighted by Gasteiger charge is 2.20. The van der Waals surface area contributed by atoms with Crippen molar-refractivity contribution in [3.8, 4) is 11.5 Å². The maximum absolute atomic E-state index is 12.3. The summed E-state index contributed by atoms with van der Waals surface area (Å²) in [5.41, 5.74) is 5.44. The highest BCUT2D eigenvalue weighted by Crippen LogP contribution is 2.31. The summed E-state index contributed by atoms with van der Waals surface area (Å²) in [7, 11) is 0. The Morgan fingerprint density at radius 1 is 1.03 bits per heavy atom. The fourth-order valence-corrected chi connectivity index (χ4v) is 3.54. The molecular weight excluding hydrogens is 362 g/mol. The molecule has 154 valence electrons. The summed E-state index contributed by atoms with van der Waals surface area (Å²) >= 11 is 0. The van der Waals surface area contributed by atoms with Gasteiger partial charge in [0.2, 0.25) is 0 Å². The molecule has 2 aromatic rings. The van der Waals surface area contributed by atoms with E-state index in [0.29, 0.717) is 31.9 Å². The summed E-state index contributed by atoms with van der Waals surface area (Å²) in [5.74, 6) is 1.67. The number of rotatable bonds is 7. The maximum atomic E-state index is 12.3. The normalized spacial score (nSPS) is 16.3. The van der Waals surface area contributed by atoms with Gasteiger partial charge in [-0.3, -0.25) is 9.69 Å². The van der Waals surface area contributed by atoms with Crippen LogP contribution >= 0.6 is 0 Å². The Labute approximate surface area is 174 Å². The Morgan fingerprint density at radius 2 is 1.86 bits per heavy atom. The number of ether oxygens (including phenoxy) is 2. The molecule has 1 aliphatic rings. The summed E-state index contributed by atoms with van der Waals surface area (Å²) in [6.07, 6.45) is 2.58. The molecule has 0 amide bonds. The summed E-state index contributed by atoms with van der Waals surface area (Å²) in [6.45, 7) is 11.8. The SMILES string of the molecule is CCOc1cc(/C=C2\CN(CC)CCC2=O)ccc1OCc1cc(C)ccc1C. The van der Waals surface area contributed by atoms with Crippen molar-refractivity contribution in [1.82, 2.24) is 4.90 Å². The van der Waals surface area contributed by atoms with Crippen LogP contribution in [-0.4, -0.2) is 36.9 Å². The molecule has 4 nitrogen and oxygen atoms in total. The molecule has 3 rings (SSSR count). The third kappa shape index (κ3) is 5.48. The average Bonchev–Trinajstić information content (AvgIpc) is 2.71. The second-order valence-electron chi connectivity index (χ2n) is 7.57. The number of carbonyl (C=O) groups is 1. The number of nitrogens with zero attached hydrogens (tertiary/aromatic N) is 1. The predicted molar refractivity (Wildman–Crippen MR) is 118 cm³/mol. The molecule has 0 aromatic heterocycles. The van der Waals surface area contributed by atoms with Crippen molar-refractivity contribution in [1.29, 1.82) is 0 Å². The van der Waals surface area contributed by atoms with E-state index in [-0.39, 0.29) is 5.78 Å². The van der Waals surface area contributed by atoms with Gasteiger partial charge < -0.3 is 9.47 Å². The molecule has 2 aromatic carbocycles. The van der Waals surface area contributed by atoms with Crippen LogP contribution in [0.2, 0.25) is 0 Å². The van der Waals surface area contributed by atoms with Crippen LogP contribution < -0.4 is 9.47 Å². The summed E-state index contributed by atoms with van der Waals surface area (Å²) in [6, 6.07) is 12.3. The van der Waals surface area contributed by atoms with Gasteiger partial charge in [0, 0.05) is 25.1 Å². The minimum absolute atomic E-state index is 0.239. The second-order valence-corrected chi connectivity index (χ2v) is 7.57. The van der Waals surface area contributed by atoms with Gasteiger partial charge in [-0.05, 0) is 62.2 Å². The fourth-order valence-electron chi connectivity index (χ4n) is 3.54. The molecule has 4 heteroatoms. The minimum Gasteiger partial charge on any atom is -0.490 e. The molecule has 0 N–H and O–H groups in total. The van der Waals surface area contributed by atoms with E-state index in [4.69, 9.17) is 9.47 Å². The smallest absolute Gasteiger partial charge is 0.161 e. The fraction of sp³-hybridized carbons (Fsp3) is 0.400. The largest absolute Gasteiger partial charge is 0.490 e. The van der Waals surface area contributed by atoms with Gasteiger partial charge in [0.15, 0.2) is 17.3 Å². The van der Waals surface area contributed by atoms with Crippen molar-refractivity contribution < 1.29 is 14.3 Å². The first-order valence-electron chi connectivity index (χ1n) is 10.4. The quantitative estimate of drug-likeness (QED) is 0.623. The first-order valence-corrected chi connectivity index (χ1v) is 10.4. The molecule has 0 atom stereocenters. The van der Waals surface area contributed by atoms with Crippen molar-refractivity contribution in [2.24, 2.45) is 0 Å². The Morgan fingerprint density at radius 3 is 2.62 bits per heavy atom. The van der Waals surface area contributed by atoms with E-state index < -0.39 is 0 Å². The van der Waals surface area contributed by atoms with Gasteiger partial charge in [0.1, 0.15) is 6.61 Å². The Kier molecular flexibility index (Phi) is 7.10. The van der Waals surface area contributed by atoms with Crippen molar-refractivity contribution in [3.05, 3.63) is 64.2 Å².